The number of hydrogen-bond acceptors (Lipinski definition) is 2. The molecule has 0 amide bonds. The summed E-state index contributed by atoms with van der Waals surface area (Å²) < 4.78 is 31.4. The van der Waals surface area contributed by atoms with Crippen molar-refractivity contribution in [3.8, 4) is 0 Å². The Balaban J connectivity index is 2.53. The fourth-order valence-electron chi connectivity index (χ4n) is 1.45. The van der Waals surface area contributed by atoms with E-state index in [2.05, 4.69) is 0 Å². The lowest BCUT2D eigenvalue weighted by Crippen LogP contribution is -2.33. The summed E-state index contributed by atoms with van der Waals surface area (Å²) in [5.41, 5.74) is 6.13. The van der Waals surface area contributed by atoms with E-state index in [-0.39, 0.29) is 11.6 Å². The summed E-state index contributed by atoms with van der Waals surface area (Å²) >= 11 is 0. The van der Waals surface area contributed by atoms with Crippen LogP contribution >= 0.6 is 0 Å². The van der Waals surface area contributed by atoms with E-state index in [1.165, 1.54) is 12.1 Å². The van der Waals surface area contributed by atoms with Gasteiger partial charge in [-0.15, -0.1) is 0 Å². The number of halogens is 2. The van der Waals surface area contributed by atoms with Crippen molar-refractivity contribution < 1.29 is 13.5 Å². The maximum atomic E-state index is 12.9. The van der Waals surface area contributed by atoms with Gasteiger partial charge < -0.3 is 10.5 Å². The van der Waals surface area contributed by atoms with Gasteiger partial charge in [0.1, 0.15) is 11.6 Å². The summed E-state index contributed by atoms with van der Waals surface area (Å²) in [7, 11) is 0. The predicted octanol–water partition coefficient (Wildman–Crippen LogP) is 2.65. The molecule has 0 bridgehead atoms. The molecule has 0 fully saturated rings. The van der Waals surface area contributed by atoms with Crippen LogP contribution in [0.3, 0.4) is 0 Å². The van der Waals surface area contributed by atoms with Gasteiger partial charge in [-0.25, -0.2) is 8.78 Å². The zero-order valence-corrected chi connectivity index (χ0v) is 10.5. The highest BCUT2D eigenvalue weighted by atomic mass is 19.1. The molecule has 0 aliphatic rings. The third kappa shape index (κ3) is 5.75. The molecule has 0 radical (unpaired) electrons. The maximum Gasteiger partial charge on any atom is 0.126 e. The van der Waals surface area contributed by atoms with Crippen LogP contribution in [0.15, 0.2) is 18.2 Å². The molecule has 0 aromatic heterocycles. The van der Waals surface area contributed by atoms with Crippen LogP contribution in [0.4, 0.5) is 8.78 Å². The standard InChI is InChI=1S/C13H19F2NO/c1-13(2,3)17-8-12(16)6-9-4-10(14)7-11(15)5-9/h4-5,7,12H,6,8,16H2,1-3H3. The molecule has 2 N–H and O–H groups in total. The Hall–Kier alpha value is -1.00. The van der Waals surface area contributed by atoms with Crippen molar-refractivity contribution >= 4 is 0 Å². The molecule has 0 saturated heterocycles. The molecule has 1 aromatic rings. The van der Waals surface area contributed by atoms with Gasteiger partial charge >= 0.3 is 0 Å². The molecule has 0 heterocycles. The fourth-order valence-corrected chi connectivity index (χ4v) is 1.45. The van der Waals surface area contributed by atoms with Crippen LogP contribution in [0, 0.1) is 11.6 Å². The van der Waals surface area contributed by atoms with Gasteiger partial charge in [0.25, 0.3) is 0 Å². The van der Waals surface area contributed by atoms with E-state index < -0.39 is 11.6 Å². The second-order valence-corrected chi connectivity index (χ2v) is 5.17. The summed E-state index contributed by atoms with van der Waals surface area (Å²) in [4.78, 5) is 0. The van der Waals surface area contributed by atoms with Crippen molar-refractivity contribution in [2.75, 3.05) is 6.61 Å². The number of hydrogen-bond donors (Lipinski definition) is 1. The Bertz CT molecular complexity index is 354. The van der Waals surface area contributed by atoms with E-state index in [1.54, 1.807) is 0 Å². The van der Waals surface area contributed by atoms with Crippen molar-refractivity contribution in [2.45, 2.75) is 38.8 Å². The molecule has 1 aromatic carbocycles. The second kappa shape index (κ2) is 5.56. The van der Waals surface area contributed by atoms with Crippen LogP contribution < -0.4 is 5.73 Å². The molecule has 1 atom stereocenters. The van der Waals surface area contributed by atoms with Gasteiger partial charge in [0.05, 0.1) is 12.2 Å². The van der Waals surface area contributed by atoms with Gasteiger partial charge in [0.15, 0.2) is 0 Å². The van der Waals surface area contributed by atoms with E-state index in [0.717, 1.165) is 6.07 Å². The van der Waals surface area contributed by atoms with Crippen molar-refractivity contribution in [3.05, 3.63) is 35.4 Å². The number of rotatable bonds is 4. The van der Waals surface area contributed by atoms with Crippen molar-refractivity contribution in [1.29, 1.82) is 0 Å². The smallest absolute Gasteiger partial charge is 0.126 e. The van der Waals surface area contributed by atoms with Crippen molar-refractivity contribution in [1.82, 2.24) is 0 Å². The molecule has 96 valence electrons. The largest absolute Gasteiger partial charge is 0.374 e. The van der Waals surface area contributed by atoms with Gasteiger partial charge in [0.2, 0.25) is 0 Å². The van der Waals surface area contributed by atoms with Gasteiger partial charge in [-0.2, -0.15) is 0 Å². The monoisotopic (exact) mass is 243 g/mol. The van der Waals surface area contributed by atoms with E-state index >= 15 is 0 Å². The van der Waals surface area contributed by atoms with Gasteiger partial charge in [-0.3, -0.25) is 0 Å². The van der Waals surface area contributed by atoms with Crippen molar-refractivity contribution in [3.63, 3.8) is 0 Å². The van der Waals surface area contributed by atoms with Crippen LogP contribution in [0.2, 0.25) is 0 Å². The topological polar surface area (TPSA) is 35.2 Å². The first-order valence-corrected chi connectivity index (χ1v) is 5.61. The summed E-state index contributed by atoms with van der Waals surface area (Å²) in [5, 5.41) is 0. The molecule has 1 unspecified atom stereocenters. The third-order valence-electron chi connectivity index (χ3n) is 2.15. The first-order chi connectivity index (χ1) is 7.76. The third-order valence-corrected chi connectivity index (χ3v) is 2.15. The molecule has 0 aliphatic carbocycles. The van der Waals surface area contributed by atoms with Gasteiger partial charge in [-0.1, -0.05) is 0 Å². The average molecular weight is 243 g/mol. The zero-order chi connectivity index (χ0) is 13.1. The lowest BCUT2D eigenvalue weighted by Gasteiger charge is -2.22. The fraction of sp³-hybridized carbons (Fsp3) is 0.538. The Morgan fingerprint density at radius 2 is 1.71 bits per heavy atom. The Labute approximate surface area is 101 Å². The Morgan fingerprint density at radius 1 is 1.18 bits per heavy atom. The van der Waals surface area contributed by atoms with Crippen molar-refractivity contribution in [2.24, 2.45) is 5.73 Å². The summed E-state index contributed by atoms with van der Waals surface area (Å²) in [6.45, 7) is 6.16. The molecule has 4 heteroatoms. The van der Waals surface area contributed by atoms with Crippen LogP contribution in [-0.4, -0.2) is 18.2 Å². The van der Waals surface area contributed by atoms with E-state index in [0.29, 0.717) is 18.6 Å². The normalized spacial score (nSPS) is 13.8. The molecular formula is C13H19F2NO. The number of ether oxygens (including phenoxy) is 1. The highest BCUT2D eigenvalue weighted by molar-refractivity contribution is 5.18. The minimum atomic E-state index is -0.580. The van der Waals surface area contributed by atoms with Crippen LogP contribution in [0.25, 0.3) is 0 Å². The summed E-state index contributed by atoms with van der Waals surface area (Å²) in [6, 6.07) is 3.16. The minimum absolute atomic E-state index is 0.259. The molecule has 0 saturated carbocycles. The SMILES string of the molecule is CC(C)(C)OCC(N)Cc1cc(F)cc(F)c1. The van der Waals surface area contributed by atoms with Gasteiger partial charge in [-0.05, 0) is 44.9 Å². The lowest BCUT2D eigenvalue weighted by molar-refractivity contribution is -0.00984. The van der Waals surface area contributed by atoms with E-state index in [1.807, 2.05) is 20.8 Å². The lowest BCUT2D eigenvalue weighted by atomic mass is 10.1. The Kier molecular flexibility index (Phi) is 4.60. The molecule has 1 rings (SSSR count). The number of benzene rings is 1. The first-order valence-electron chi connectivity index (χ1n) is 5.61. The Morgan fingerprint density at radius 3 is 2.18 bits per heavy atom. The number of nitrogens with two attached hydrogens (primary N) is 1. The summed E-state index contributed by atoms with van der Waals surface area (Å²) in [5.74, 6) is -1.16. The van der Waals surface area contributed by atoms with E-state index in [4.69, 9.17) is 10.5 Å². The van der Waals surface area contributed by atoms with Crippen LogP contribution in [0.1, 0.15) is 26.3 Å². The summed E-state index contributed by atoms with van der Waals surface area (Å²) in [6.07, 6.45) is 0.394. The first kappa shape index (κ1) is 14.1. The highest BCUT2D eigenvalue weighted by Crippen LogP contribution is 2.11. The van der Waals surface area contributed by atoms with E-state index in [9.17, 15) is 8.78 Å². The molecule has 0 aliphatic heterocycles. The van der Waals surface area contributed by atoms with Crippen LogP contribution in [0.5, 0.6) is 0 Å². The molecule has 0 spiro atoms. The molecular weight excluding hydrogens is 224 g/mol. The quantitative estimate of drug-likeness (QED) is 0.882. The molecule has 2 nitrogen and oxygen atoms in total. The average Bonchev–Trinajstić information content (AvgIpc) is 2.11. The second-order valence-electron chi connectivity index (χ2n) is 5.17. The maximum absolute atomic E-state index is 12.9. The predicted molar refractivity (Wildman–Crippen MR) is 63.7 cm³/mol. The molecule has 17 heavy (non-hydrogen) atoms. The highest BCUT2D eigenvalue weighted by Gasteiger charge is 2.13. The minimum Gasteiger partial charge on any atom is -0.374 e. The zero-order valence-electron chi connectivity index (χ0n) is 10.5. The van der Waals surface area contributed by atoms with Crippen LogP contribution in [-0.2, 0) is 11.2 Å². The van der Waals surface area contributed by atoms with Gasteiger partial charge in [0, 0.05) is 12.1 Å².